The number of hydrogen-bond acceptors (Lipinski definition) is 8. The molecule has 0 fully saturated rings. The fourth-order valence-electron chi connectivity index (χ4n) is 3.80. The van der Waals surface area contributed by atoms with Gasteiger partial charge in [-0.25, -0.2) is 0 Å². The van der Waals surface area contributed by atoms with Crippen LogP contribution in [0, 0.1) is 10.1 Å². The van der Waals surface area contributed by atoms with Gasteiger partial charge >= 0.3 is 0 Å². The second kappa shape index (κ2) is 11.4. The normalized spacial score (nSPS) is 13.5. The van der Waals surface area contributed by atoms with Gasteiger partial charge in [-0.2, -0.15) is 0 Å². The summed E-state index contributed by atoms with van der Waals surface area (Å²) in [5.41, 5.74) is 13.9. The van der Waals surface area contributed by atoms with Crippen LogP contribution in [0.15, 0.2) is 66.7 Å². The van der Waals surface area contributed by atoms with Gasteiger partial charge in [0.2, 0.25) is 0 Å². The molecule has 9 heteroatoms. The van der Waals surface area contributed by atoms with Gasteiger partial charge in [0, 0.05) is 18.0 Å². The van der Waals surface area contributed by atoms with E-state index < -0.39 is 17.1 Å². The SMILES string of the molecule is COc1ccc(C(Cc2ccccc2)C(N)[C@@H](O)COc2cccc([N+](=O)[O-])c2N)cc1OC. The Balaban J connectivity index is 1.84. The molecule has 2 unspecified atom stereocenters. The summed E-state index contributed by atoms with van der Waals surface area (Å²) in [6, 6.07) is 18.9. The largest absolute Gasteiger partial charge is 0.493 e. The topological polar surface area (TPSA) is 143 Å². The number of aliphatic hydroxyl groups excluding tert-OH is 1. The minimum Gasteiger partial charge on any atom is -0.493 e. The van der Waals surface area contributed by atoms with Crippen LogP contribution in [0.25, 0.3) is 0 Å². The zero-order valence-corrected chi connectivity index (χ0v) is 19.1. The van der Waals surface area contributed by atoms with E-state index in [1.165, 1.54) is 18.2 Å². The molecule has 5 N–H and O–H groups in total. The first-order chi connectivity index (χ1) is 16.3. The van der Waals surface area contributed by atoms with Gasteiger partial charge in [-0.3, -0.25) is 10.1 Å². The Bertz CT molecular complexity index is 1110. The summed E-state index contributed by atoms with van der Waals surface area (Å²) in [6.07, 6.45) is -0.520. The highest BCUT2D eigenvalue weighted by molar-refractivity contribution is 5.66. The lowest BCUT2D eigenvalue weighted by Crippen LogP contribution is -2.44. The molecule has 9 nitrogen and oxygen atoms in total. The molecule has 0 spiro atoms. The van der Waals surface area contributed by atoms with Crippen LogP contribution in [0.1, 0.15) is 17.0 Å². The van der Waals surface area contributed by atoms with Crippen LogP contribution in [0.3, 0.4) is 0 Å². The summed E-state index contributed by atoms with van der Waals surface area (Å²) < 4.78 is 16.4. The zero-order chi connectivity index (χ0) is 24.7. The van der Waals surface area contributed by atoms with E-state index in [2.05, 4.69) is 0 Å². The van der Waals surface area contributed by atoms with Crippen LogP contribution in [-0.2, 0) is 6.42 Å². The van der Waals surface area contributed by atoms with Crippen molar-refractivity contribution in [3.63, 3.8) is 0 Å². The number of nitrogens with zero attached hydrogens (tertiary/aromatic N) is 1. The summed E-state index contributed by atoms with van der Waals surface area (Å²) >= 11 is 0. The molecule has 3 atom stereocenters. The van der Waals surface area contributed by atoms with Crippen molar-refractivity contribution in [2.45, 2.75) is 24.5 Å². The summed E-state index contributed by atoms with van der Waals surface area (Å²) in [5, 5.41) is 22.0. The number of aliphatic hydroxyl groups is 1. The number of rotatable bonds is 11. The number of benzene rings is 3. The van der Waals surface area contributed by atoms with Gasteiger partial charge < -0.3 is 30.8 Å². The molecule has 3 rings (SSSR count). The van der Waals surface area contributed by atoms with Crippen LogP contribution in [0.5, 0.6) is 17.2 Å². The molecule has 0 radical (unpaired) electrons. The van der Waals surface area contributed by atoms with E-state index in [-0.39, 0.29) is 29.6 Å². The number of para-hydroxylation sites is 1. The van der Waals surface area contributed by atoms with E-state index in [9.17, 15) is 15.2 Å². The van der Waals surface area contributed by atoms with E-state index in [0.717, 1.165) is 11.1 Å². The van der Waals surface area contributed by atoms with Gasteiger partial charge in [-0.05, 0) is 35.7 Å². The zero-order valence-electron chi connectivity index (χ0n) is 19.1. The molecule has 0 heterocycles. The van der Waals surface area contributed by atoms with Crippen LogP contribution < -0.4 is 25.7 Å². The first kappa shape index (κ1) is 24.8. The second-order valence-corrected chi connectivity index (χ2v) is 7.81. The van der Waals surface area contributed by atoms with Crippen molar-refractivity contribution in [3.05, 3.63) is 88.0 Å². The Morgan fingerprint density at radius 2 is 1.68 bits per heavy atom. The van der Waals surface area contributed by atoms with Crippen molar-refractivity contribution >= 4 is 11.4 Å². The minimum atomic E-state index is -1.08. The first-order valence-electron chi connectivity index (χ1n) is 10.7. The minimum absolute atomic E-state index is 0.103. The predicted octanol–water partition coefficient (Wildman–Crippen LogP) is 3.29. The molecule has 0 amide bonds. The molecular weight excluding hydrogens is 438 g/mol. The van der Waals surface area contributed by atoms with Gasteiger partial charge in [0.25, 0.3) is 5.69 Å². The number of nitrogen functional groups attached to an aromatic ring is 1. The summed E-state index contributed by atoms with van der Waals surface area (Å²) in [4.78, 5) is 10.5. The molecule has 34 heavy (non-hydrogen) atoms. The maximum Gasteiger partial charge on any atom is 0.295 e. The highest BCUT2D eigenvalue weighted by atomic mass is 16.6. The van der Waals surface area contributed by atoms with Gasteiger partial charge in [0.05, 0.1) is 19.1 Å². The average molecular weight is 468 g/mol. The molecule has 0 aliphatic heterocycles. The smallest absolute Gasteiger partial charge is 0.295 e. The monoisotopic (exact) mass is 467 g/mol. The Kier molecular flexibility index (Phi) is 8.29. The Morgan fingerprint density at radius 3 is 2.32 bits per heavy atom. The molecule has 0 aromatic heterocycles. The third-order valence-corrected chi connectivity index (χ3v) is 5.69. The van der Waals surface area contributed by atoms with Crippen LogP contribution in [-0.4, -0.2) is 43.0 Å². The van der Waals surface area contributed by atoms with Crippen LogP contribution in [0.2, 0.25) is 0 Å². The molecular formula is C25H29N3O6. The quantitative estimate of drug-likeness (QED) is 0.221. The maximum atomic E-state index is 11.1. The van der Waals surface area contributed by atoms with Gasteiger partial charge in [0.1, 0.15) is 18.5 Å². The first-order valence-corrected chi connectivity index (χ1v) is 10.7. The Morgan fingerprint density at radius 1 is 0.971 bits per heavy atom. The predicted molar refractivity (Wildman–Crippen MR) is 129 cm³/mol. The average Bonchev–Trinajstić information content (AvgIpc) is 2.86. The van der Waals surface area contributed by atoms with Crippen molar-refractivity contribution in [2.75, 3.05) is 26.6 Å². The standard InChI is InChI=1S/C25H29N3O6/c1-32-21-12-11-17(14-23(21)33-2)18(13-16-7-4-3-5-8-16)24(26)20(29)15-34-22-10-6-9-19(25(22)27)28(30)31/h3-12,14,18,20,24,29H,13,15,26-27H2,1-2H3/t18?,20-,24?/m0/s1. The number of ether oxygens (including phenoxy) is 3. The number of methoxy groups -OCH3 is 2. The van der Waals surface area contributed by atoms with E-state index in [0.29, 0.717) is 17.9 Å². The lowest BCUT2D eigenvalue weighted by atomic mass is 9.83. The van der Waals surface area contributed by atoms with Crippen molar-refractivity contribution in [3.8, 4) is 17.2 Å². The maximum absolute atomic E-state index is 11.1. The van der Waals surface area contributed by atoms with E-state index in [1.807, 2.05) is 42.5 Å². The number of anilines is 1. The number of nitro groups is 1. The fourth-order valence-corrected chi connectivity index (χ4v) is 3.80. The summed E-state index contributed by atoms with van der Waals surface area (Å²) in [6.45, 7) is -0.189. The molecule has 0 saturated carbocycles. The number of nitro benzene ring substituents is 1. The van der Waals surface area contributed by atoms with Crippen LogP contribution >= 0.6 is 0 Å². The summed E-state index contributed by atoms with van der Waals surface area (Å²) in [7, 11) is 3.12. The molecule has 0 saturated heterocycles. The van der Waals surface area contributed by atoms with E-state index in [1.54, 1.807) is 20.3 Å². The third-order valence-electron chi connectivity index (χ3n) is 5.69. The molecule has 3 aromatic carbocycles. The van der Waals surface area contributed by atoms with E-state index >= 15 is 0 Å². The van der Waals surface area contributed by atoms with Crippen molar-refractivity contribution in [2.24, 2.45) is 5.73 Å². The van der Waals surface area contributed by atoms with Crippen molar-refractivity contribution in [1.29, 1.82) is 0 Å². The van der Waals surface area contributed by atoms with Gasteiger partial charge in [-0.15, -0.1) is 0 Å². The second-order valence-electron chi connectivity index (χ2n) is 7.81. The molecule has 0 aliphatic carbocycles. The third kappa shape index (κ3) is 5.75. The lowest BCUT2D eigenvalue weighted by Gasteiger charge is -2.29. The highest BCUT2D eigenvalue weighted by Gasteiger charge is 2.28. The van der Waals surface area contributed by atoms with Gasteiger partial charge in [0.15, 0.2) is 17.2 Å². The molecule has 0 bridgehead atoms. The molecule has 180 valence electrons. The lowest BCUT2D eigenvalue weighted by molar-refractivity contribution is -0.384. The summed E-state index contributed by atoms with van der Waals surface area (Å²) in [5.74, 6) is 0.970. The highest BCUT2D eigenvalue weighted by Crippen LogP contribution is 2.34. The molecule has 0 aliphatic rings. The number of hydrogen-bond donors (Lipinski definition) is 3. The fraction of sp³-hybridized carbons (Fsp3) is 0.280. The van der Waals surface area contributed by atoms with Gasteiger partial charge in [-0.1, -0.05) is 42.5 Å². The Hall–Kier alpha value is -3.82. The van der Waals surface area contributed by atoms with E-state index in [4.69, 9.17) is 25.7 Å². The van der Waals surface area contributed by atoms with Crippen molar-refractivity contribution in [1.82, 2.24) is 0 Å². The van der Waals surface area contributed by atoms with Crippen LogP contribution in [0.4, 0.5) is 11.4 Å². The number of nitrogens with two attached hydrogens (primary N) is 2. The van der Waals surface area contributed by atoms with Crippen molar-refractivity contribution < 1.29 is 24.2 Å². The Labute approximate surface area is 198 Å². The molecule has 3 aromatic rings.